The second kappa shape index (κ2) is 12.9. The quantitative estimate of drug-likeness (QED) is 0.396. The van der Waals surface area contributed by atoms with Crippen molar-refractivity contribution in [3.63, 3.8) is 0 Å². The Labute approximate surface area is 119 Å². The van der Waals surface area contributed by atoms with Crippen LogP contribution in [0.2, 0.25) is 0 Å². The summed E-state index contributed by atoms with van der Waals surface area (Å²) in [4.78, 5) is 0. The molecule has 0 heterocycles. The van der Waals surface area contributed by atoms with Crippen molar-refractivity contribution in [3.8, 4) is 0 Å². The molecule has 0 N–H and O–H groups in total. The molecule has 2 aliphatic rings. The van der Waals surface area contributed by atoms with Crippen molar-refractivity contribution in [2.24, 2.45) is 5.92 Å². The smallest absolute Gasteiger partial charge is 0.0231 e. The predicted octanol–water partition coefficient (Wildman–Crippen LogP) is 7.41. The zero-order chi connectivity index (χ0) is 10.6. The van der Waals surface area contributed by atoms with Crippen LogP contribution in [-0.4, -0.2) is 0 Å². The maximum Gasteiger partial charge on any atom is -0.0231 e. The van der Waals surface area contributed by atoms with Crippen molar-refractivity contribution in [1.29, 1.82) is 0 Å². The van der Waals surface area contributed by atoms with Gasteiger partial charge in [-0.2, -0.15) is 0 Å². The molecular formula is C18H40. The van der Waals surface area contributed by atoms with Gasteiger partial charge in [0, 0.05) is 0 Å². The topological polar surface area (TPSA) is 0 Å². The monoisotopic (exact) mass is 256 g/mol. The van der Waals surface area contributed by atoms with Crippen molar-refractivity contribution in [2.75, 3.05) is 0 Å². The fourth-order valence-electron chi connectivity index (χ4n) is 2.04. The van der Waals surface area contributed by atoms with Crippen LogP contribution in [0.4, 0.5) is 0 Å². The molecule has 2 aliphatic carbocycles. The fraction of sp³-hybridized carbons (Fsp3) is 0.778. The normalized spacial score (nSPS) is 20.2. The summed E-state index contributed by atoms with van der Waals surface area (Å²) < 4.78 is 0. The Morgan fingerprint density at radius 1 is 0.889 bits per heavy atom. The SMILES string of the molecule is C.C.C.C.CC1=C(C)CCC1.CC1=CCCC1C. The van der Waals surface area contributed by atoms with Crippen LogP contribution >= 0.6 is 0 Å². The van der Waals surface area contributed by atoms with Gasteiger partial charge in [0.25, 0.3) is 0 Å². The molecule has 0 radical (unpaired) electrons. The van der Waals surface area contributed by atoms with Crippen LogP contribution in [0, 0.1) is 5.92 Å². The minimum atomic E-state index is 0. The van der Waals surface area contributed by atoms with E-state index in [1.54, 1.807) is 16.7 Å². The summed E-state index contributed by atoms with van der Waals surface area (Å²) in [5.74, 6) is 0.875. The summed E-state index contributed by atoms with van der Waals surface area (Å²) in [5.41, 5.74) is 4.83. The maximum atomic E-state index is 2.34. The molecule has 0 heteroatoms. The maximum absolute atomic E-state index is 2.34. The summed E-state index contributed by atoms with van der Waals surface area (Å²) in [5, 5.41) is 0. The third-order valence-corrected chi connectivity index (χ3v) is 3.68. The van der Waals surface area contributed by atoms with Crippen LogP contribution in [0.15, 0.2) is 22.8 Å². The molecule has 0 aliphatic heterocycles. The number of allylic oxidation sites excluding steroid dienone is 4. The number of hydrogen-bond donors (Lipinski definition) is 0. The van der Waals surface area contributed by atoms with Crippen molar-refractivity contribution < 1.29 is 0 Å². The summed E-state index contributed by atoms with van der Waals surface area (Å²) in [6, 6.07) is 0. The van der Waals surface area contributed by atoms with Crippen molar-refractivity contribution >= 4 is 0 Å². The molecule has 112 valence electrons. The van der Waals surface area contributed by atoms with E-state index in [2.05, 4.69) is 33.8 Å². The van der Waals surface area contributed by atoms with Crippen LogP contribution in [0.3, 0.4) is 0 Å². The minimum Gasteiger partial charge on any atom is -0.0853 e. The largest absolute Gasteiger partial charge is 0.0853 e. The van der Waals surface area contributed by atoms with Gasteiger partial charge in [-0.3, -0.25) is 0 Å². The van der Waals surface area contributed by atoms with Gasteiger partial charge in [0.05, 0.1) is 0 Å². The summed E-state index contributed by atoms with van der Waals surface area (Å²) >= 11 is 0. The molecule has 2 rings (SSSR count). The lowest BCUT2D eigenvalue weighted by molar-refractivity contribution is 0.670. The predicted molar refractivity (Wildman–Crippen MR) is 91.3 cm³/mol. The van der Waals surface area contributed by atoms with E-state index in [4.69, 9.17) is 0 Å². The average molecular weight is 257 g/mol. The van der Waals surface area contributed by atoms with E-state index < -0.39 is 0 Å². The molecule has 0 saturated heterocycles. The van der Waals surface area contributed by atoms with E-state index in [9.17, 15) is 0 Å². The summed E-state index contributed by atoms with van der Waals surface area (Å²) in [6.45, 7) is 8.99. The zero-order valence-corrected chi connectivity index (χ0v) is 10.2. The first-order valence-corrected chi connectivity index (χ1v) is 5.93. The van der Waals surface area contributed by atoms with Gasteiger partial charge in [-0.1, -0.05) is 59.4 Å². The van der Waals surface area contributed by atoms with Crippen LogP contribution in [-0.2, 0) is 0 Å². The second-order valence-electron chi connectivity index (χ2n) is 4.84. The van der Waals surface area contributed by atoms with Crippen molar-refractivity contribution in [2.45, 2.75) is 89.5 Å². The highest BCUT2D eigenvalue weighted by Gasteiger charge is 2.07. The van der Waals surface area contributed by atoms with Gasteiger partial charge in [0.1, 0.15) is 0 Å². The highest BCUT2D eigenvalue weighted by molar-refractivity contribution is 5.14. The van der Waals surface area contributed by atoms with E-state index in [0.717, 1.165) is 5.92 Å². The Morgan fingerprint density at radius 2 is 1.33 bits per heavy atom. The van der Waals surface area contributed by atoms with Crippen LogP contribution < -0.4 is 0 Å². The van der Waals surface area contributed by atoms with Gasteiger partial charge < -0.3 is 0 Å². The van der Waals surface area contributed by atoms with E-state index in [-0.39, 0.29) is 29.7 Å². The Morgan fingerprint density at radius 3 is 1.44 bits per heavy atom. The van der Waals surface area contributed by atoms with Gasteiger partial charge in [0.15, 0.2) is 0 Å². The van der Waals surface area contributed by atoms with E-state index in [1.165, 1.54) is 32.1 Å². The minimum absolute atomic E-state index is 0. The molecular weight excluding hydrogens is 216 g/mol. The van der Waals surface area contributed by atoms with Crippen LogP contribution in [0.1, 0.15) is 89.5 Å². The molecule has 0 spiro atoms. The molecule has 0 aromatic rings. The summed E-state index contributed by atoms with van der Waals surface area (Å²) in [7, 11) is 0. The first-order valence-electron chi connectivity index (χ1n) is 5.93. The highest BCUT2D eigenvalue weighted by Crippen LogP contribution is 2.24. The second-order valence-corrected chi connectivity index (χ2v) is 4.84. The molecule has 1 atom stereocenters. The molecule has 0 aromatic heterocycles. The number of hydrogen-bond acceptors (Lipinski definition) is 0. The molecule has 1 unspecified atom stereocenters. The van der Waals surface area contributed by atoms with Gasteiger partial charge in [-0.15, -0.1) is 0 Å². The number of rotatable bonds is 0. The zero-order valence-electron chi connectivity index (χ0n) is 10.2. The van der Waals surface area contributed by atoms with Gasteiger partial charge in [-0.05, 0) is 58.8 Å². The van der Waals surface area contributed by atoms with Crippen molar-refractivity contribution in [3.05, 3.63) is 22.8 Å². The first-order chi connectivity index (χ1) is 6.61. The first kappa shape index (κ1) is 26.1. The lowest BCUT2D eigenvalue weighted by atomic mass is 10.1. The third-order valence-electron chi connectivity index (χ3n) is 3.68. The molecule has 0 fully saturated rings. The van der Waals surface area contributed by atoms with E-state index >= 15 is 0 Å². The van der Waals surface area contributed by atoms with Gasteiger partial charge >= 0.3 is 0 Å². The van der Waals surface area contributed by atoms with Gasteiger partial charge in [-0.25, -0.2) is 0 Å². The molecule has 0 nitrogen and oxygen atoms in total. The molecule has 0 aromatic carbocycles. The van der Waals surface area contributed by atoms with Gasteiger partial charge in [0.2, 0.25) is 0 Å². The standard InChI is InChI=1S/2C7H12.4CH4/c2*1-6-4-3-5-7(6)2;;;;/h3-5H2,1-2H3;4,7H,3,5H2,1-2H3;4*1H4. The lowest BCUT2D eigenvalue weighted by Gasteiger charge is -1.98. The Hall–Kier alpha value is -0.520. The third kappa shape index (κ3) is 8.55. The van der Waals surface area contributed by atoms with Crippen LogP contribution in [0.25, 0.3) is 0 Å². The molecule has 0 saturated carbocycles. The van der Waals surface area contributed by atoms with E-state index in [1.807, 2.05) is 0 Å². The molecule has 18 heavy (non-hydrogen) atoms. The highest BCUT2D eigenvalue weighted by atomic mass is 14.1. The Bertz CT molecular complexity index is 231. The Kier molecular flexibility index (Phi) is 18.8. The van der Waals surface area contributed by atoms with Crippen molar-refractivity contribution in [1.82, 2.24) is 0 Å². The molecule has 0 amide bonds. The van der Waals surface area contributed by atoms with Crippen LogP contribution in [0.5, 0.6) is 0 Å². The fourth-order valence-corrected chi connectivity index (χ4v) is 2.04. The summed E-state index contributed by atoms with van der Waals surface area (Å²) in [6.07, 6.45) is 9.14. The lowest BCUT2D eigenvalue weighted by Crippen LogP contribution is -1.85. The average Bonchev–Trinajstić information content (AvgIpc) is 2.67. The molecule has 0 bridgehead atoms. The van der Waals surface area contributed by atoms with E-state index in [0.29, 0.717) is 0 Å². The Balaban J connectivity index is -0.0000000891.